The van der Waals surface area contributed by atoms with Crippen molar-refractivity contribution in [2.45, 2.75) is 96.8 Å². The molecular formula is C34H46O5. The Morgan fingerprint density at radius 2 is 1.38 bits per heavy atom. The predicted octanol–water partition coefficient (Wildman–Crippen LogP) is 9.10. The van der Waals surface area contributed by atoms with Crippen molar-refractivity contribution in [1.82, 2.24) is 0 Å². The van der Waals surface area contributed by atoms with Gasteiger partial charge in [0.1, 0.15) is 17.2 Å². The van der Waals surface area contributed by atoms with Gasteiger partial charge in [-0.05, 0) is 99.4 Å². The molecule has 0 unspecified atom stereocenters. The van der Waals surface area contributed by atoms with E-state index in [0.717, 1.165) is 56.6 Å². The molecule has 0 heterocycles. The second-order valence-electron chi connectivity index (χ2n) is 10.7. The summed E-state index contributed by atoms with van der Waals surface area (Å²) in [6.45, 7) is 6.65. The summed E-state index contributed by atoms with van der Waals surface area (Å²) < 4.78 is 16.9. The van der Waals surface area contributed by atoms with Gasteiger partial charge in [0.15, 0.2) is 0 Å². The van der Waals surface area contributed by atoms with Gasteiger partial charge < -0.3 is 14.2 Å². The molecule has 0 amide bonds. The number of esters is 2. The molecule has 0 spiro atoms. The Bertz CT molecular complexity index is 987. The summed E-state index contributed by atoms with van der Waals surface area (Å²) in [6.07, 6.45) is 18.1. The molecule has 212 valence electrons. The Hall–Kier alpha value is -3.08. The van der Waals surface area contributed by atoms with Gasteiger partial charge in [0.2, 0.25) is 0 Å². The first kappa shape index (κ1) is 30.5. The van der Waals surface area contributed by atoms with Crippen molar-refractivity contribution in [2.75, 3.05) is 6.61 Å². The molecule has 0 N–H and O–H groups in total. The monoisotopic (exact) mass is 534 g/mol. The van der Waals surface area contributed by atoms with Gasteiger partial charge in [-0.2, -0.15) is 0 Å². The summed E-state index contributed by atoms with van der Waals surface area (Å²) in [7, 11) is 0. The first-order chi connectivity index (χ1) is 19.1. The third kappa shape index (κ3) is 11.3. The van der Waals surface area contributed by atoms with Crippen LogP contribution in [0.2, 0.25) is 0 Å². The van der Waals surface area contributed by atoms with Crippen LogP contribution in [0.1, 0.15) is 107 Å². The van der Waals surface area contributed by atoms with Crippen molar-refractivity contribution in [2.24, 2.45) is 11.8 Å². The van der Waals surface area contributed by atoms with Crippen molar-refractivity contribution in [3.05, 3.63) is 66.7 Å². The summed E-state index contributed by atoms with van der Waals surface area (Å²) in [4.78, 5) is 25.2. The molecule has 1 aliphatic rings. The molecule has 0 aliphatic heterocycles. The zero-order valence-electron chi connectivity index (χ0n) is 23.7. The Kier molecular flexibility index (Phi) is 13.7. The van der Waals surface area contributed by atoms with Gasteiger partial charge in [-0.1, -0.05) is 57.9 Å². The number of ether oxygens (including phenoxy) is 3. The Morgan fingerprint density at radius 1 is 0.769 bits per heavy atom. The van der Waals surface area contributed by atoms with E-state index in [9.17, 15) is 9.59 Å². The predicted molar refractivity (Wildman–Crippen MR) is 156 cm³/mol. The molecular weight excluding hydrogens is 488 g/mol. The van der Waals surface area contributed by atoms with Crippen LogP contribution in [-0.4, -0.2) is 18.5 Å². The topological polar surface area (TPSA) is 61.8 Å². The minimum atomic E-state index is -0.443. The Balaban J connectivity index is 1.35. The quantitative estimate of drug-likeness (QED) is 0.0876. The van der Waals surface area contributed by atoms with Gasteiger partial charge >= 0.3 is 11.9 Å². The first-order valence-corrected chi connectivity index (χ1v) is 15.0. The SMILES string of the molecule is C=CCCCCCCCOc1ccc(C(=O)Oc2ccc(OC(=O)[C@H]3CC[C@H](CCCCC)CC3)cc2)cc1. The van der Waals surface area contributed by atoms with Crippen molar-refractivity contribution in [3.63, 3.8) is 0 Å². The van der Waals surface area contributed by atoms with Gasteiger partial charge in [0, 0.05) is 0 Å². The molecule has 5 heteroatoms. The van der Waals surface area contributed by atoms with Gasteiger partial charge in [-0.15, -0.1) is 6.58 Å². The number of rotatable bonds is 17. The van der Waals surface area contributed by atoms with E-state index in [2.05, 4.69) is 13.5 Å². The molecule has 0 saturated heterocycles. The number of hydrogen-bond acceptors (Lipinski definition) is 5. The Labute approximate surface area is 234 Å². The van der Waals surface area contributed by atoms with Crippen molar-refractivity contribution in [1.29, 1.82) is 0 Å². The lowest BCUT2D eigenvalue weighted by molar-refractivity contribution is -0.140. The van der Waals surface area contributed by atoms with E-state index >= 15 is 0 Å². The molecule has 0 radical (unpaired) electrons. The van der Waals surface area contributed by atoms with E-state index in [4.69, 9.17) is 14.2 Å². The molecule has 0 aromatic heterocycles. The fourth-order valence-electron chi connectivity index (χ4n) is 5.11. The van der Waals surface area contributed by atoms with E-state index in [1.807, 2.05) is 6.08 Å². The molecule has 2 aromatic rings. The third-order valence-corrected chi connectivity index (χ3v) is 7.56. The zero-order chi connectivity index (χ0) is 27.7. The number of allylic oxidation sites excluding steroid dienone is 1. The van der Waals surface area contributed by atoms with E-state index < -0.39 is 5.97 Å². The van der Waals surface area contributed by atoms with E-state index in [-0.39, 0.29) is 11.9 Å². The van der Waals surface area contributed by atoms with Crippen molar-refractivity contribution in [3.8, 4) is 17.2 Å². The van der Waals surface area contributed by atoms with E-state index in [1.54, 1.807) is 48.5 Å². The van der Waals surface area contributed by atoms with Crippen LogP contribution in [0, 0.1) is 11.8 Å². The van der Waals surface area contributed by atoms with Gasteiger partial charge in [-0.25, -0.2) is 4.79 Å². The second-order valence-corrected chi connectivity index (χ2v) is 10.7. The summed E-state index contributed by atoms with van der Waals surface area (Å²) in [5.41, 5.74) is 0.449. The average Bonchev–Trinajstić information content (AvgIpc) is 2.96. The maximum atomic E-state index is 12.6. The minimum Gasteiger partial charge on any atom is -0.494 e. The minimum absolute atomic E-state index is 0.0238. The standard InChI is InChI=1S/C34H46O5/c1-3-5-7-8-9-10-12-26-37-30-20-18-29(19-21-30)34(36)39-32-24-22-31(23-25-32)38-33(35)28-16-14-27(15-17-28)13-11-6-4-2/h3,18-25,27-28H,1,4-17,26H2,2H3/t27-,28-. The largest absolute Gasteiger partial charge is 0.494 e. The van der Waals surface area contributed by atoms with Gasteiger partial charge in [0.05, 0.1) is 18.1 Å². The van der Waals surface area contributed by atoms with Crippen LogP contribution in [0.4, 0.5) is 0 Å². The summed E-state index contributed by atoms with van der Waals surface area (Å²) >= 11 is 0. The molecule has 2 aromatic carbocycles. The molecule has 39 heavy (non-hydrogen) atoms. The molecule has 1 aliphatic carbocycles. The normalized spacial score (nSPS) is 16.8. The highest BCUT2D eigenvalue weighted by Crippen LogP contribution is 2.33. The number of benzene rings is 2. The fraction of sp³-hybridized carbons (Fsp3) is 0.529. The smallest absolute Gasteiger partial charge is 0.343 e. The molecule has 1 saturated carbocycles. The molecule has 0 atom stereocenters. The van der Waals surface area contributed by atoms with Crippen molar-refractivity contribution < 1.29 is 23.8 Å². The summed E-state index contributed by atoms with van der Waals surface area (Å²) in [6, 6.07) is 13.7. The van der Waals surface area contributed by atoms with Crippen LogP contribution >= 0.6 is 0 Å². The fourth-order valence-corrected chi connectivity index (χ4v) is 5.11. The molecule has 1 fully saturated rings. The van der Waals surface area contributed by atoms with Crippen LogP contribution in [0.3, 0.4) is 0 Å². The number of unbranched alkanes of at least 4 members (excludes halogenated alkanes) is 7. The highest BCUT2D eigenvalue weighted by molar-refractivity contribution is 5.91. The third-order valence-electron chi connectivity index (χ3n) is 7.56. The van der Waals surface area contributed by atoms with Crippen LogP contribution in [0.15, 0.2) is 61.2 Å². The average molecular weight is 535 g/mol. The lowest BCUT2D eigenvalue weighted by atomic mass is 9.80. The number of hydrogen-bond donors (Lipinski definition) is 0. The van der Waals surface area contributed by atoms with Crippen LogP contribution < -0.4 is 14.2 Å². The van der Waals surface area contributed by atoms with Crippen LogP contribution in [0.5, 0.6) is 17.2 Å². The number of carbonyl (C=O) groups excluding carboxylic acids is 2. The Morgan fingerprint density at radius 3 is 2.05 bits per heavy atom. The second kappa shape index (κ2) is 17.5. The molecule has 5 nitrogen and oxygen atoms in total. The van der Waals surface area contributed by atoms with E-state index in [0.29, 0.717) is 23.7 Å². The first-order valence-electron chi connectivity index (χ1n) is 15.0. The highest BCUT2D eigenvalue weighted by Gasteiger charge is 2.27. The highest BCUT2D eigenvalue weighted by atomic mass is 16.5. The lowest BCUT2D eigenvalue weighted by Gasteiger charge is -2.27. The van der Waals surface area contributed by atoms with E-state index in [1.165, 1.54) is 44.9 Å². The van der Waals surface area contributed by atoms with Gasteiger partial charge in [0.25, 0.3) is 0 Å². The summed E-state index contributed by atoms with van der Waals surface area (Å²) in [5, 5.41) is 0. The lowest BCUT2D eigenvalue weighted by Crippen LogP contribution is -2.25. The van der Waals surface area contributed by atoms with Crippen LogP contribution in [0.25, 0.3) is 0 Å². The van der Waals surface area contributed by atoms with Crippen LogP contribution in [-0.2, 0) is 4.79 Å². The molecule has 3 rings (SSSR count). The number of carbonyl (C=O) groups is 2. The zero-order valence-corrected chi connectivity index (χ0v) is 23.7. The summed E-state index contributed by atoms with van der Waals surface area (Å²) in [5.74, 6) is 1.76. The van der Waals surface area contributed by atoms with Gasteiger partial charge in [-0.3, -0.25) is 4.79 Å². The maximum Gasteiger partial charge on any atom is 0.343 e. The van der Waals surface area contributed by atoms with Crippen molar-refractivity contribution >= 4 is 11.9 Å². The maximum absolute atomic E-state index is 12.6. The molecule has 0 bridgehead atoms.